The molecule has 7 nitrogen and oxygen atoms in total. The fourth-order valence-electron chi connectivity index (χ4n) is 3.06. The number of aromatic nitrogens is 3. The van der Waals surface area contributed by atoms with E-state index in [4.69, 9.17) is 21.3 Å². The molecule has 0 unspecified atom stereocenters. The largest absolute Gasteiger partial charge is 0.494 e. The number of ether oxygens (including phenoxy) is 1. The van der Waals surface area contributed by atoms with Gasteiger partial charge in [-0.3, -0.25) is 14.4 Å². The number of amides is 1. The Kier molecular flexibility index (Phi) is 6.45. The zero-order valence-electron chi connectivity index (χ0n) is 17.6. The van der Waals surface area contributed by atoms with Crippen molar-refractivity contribution in [2.45, 2.75) is 26.8 Å². The molecule has 1 aromatic carbocycles. The summed E-state index contributed by atoms with van der Waals surface area (Å²) in [6, 6.07) is 5.57. The Hall–Kier alpha value is -2.16. The van der Waals surface area contributed by atoms with Crippen LogP contribution in [0.1, 0.15) is 36.1 Å². The molecule has 0 atom stereocenters. The molecule has 1 amide bonds. The zero-order chi connectivity index (χ0) is 21.3. The number of hydrogen-bond acceptors (Lipinski definition) is 6. The van der Waals surface area contributed by atoms with Crippen LogP contribution < -0.4 is 9.64 Å². The van der Waals surface area contributed by atoms with Gasteiger partial charge in [0.1, 0.15) is 11.3 Å². The second kappa shape index (κ2) is 8.69. The van der Waals surface area contributed by atoms with E-state index in [0.29, 0.717) is 40.2 Å². The zero-order valence-corrected chi connectivity index (χ0v) is 19.1. The number of nitrogens with zero attached hydrogens (tertiary/aromatic N) is 5. The Labute approximate surface area is 179 Å². The molecule has 0 N–H and O–H groups in total. The Morgan fingerprint density at radius 2 is 2.03 bits per heavy atom. The second-order valence-electron chi connectivity index (χ2n) is 7.39. The van der Waals surface area contributed by atoms with Crippen LogP contribution >= 0.6 is 22.9 Å². The van der Waals surface area contributed by atoms with Gasteiger partial charge in [-0.05, 0) is 53.1 Å². The summed E-state index contributed by atoms with van der Waals surface area (Å²) in [5.41, 5.74) is 2.02. The quantitative estimate of drug-likeness (QED) is 0.555. The summed E-state index contributed by atoms with van der Waals surface area (Å²) < 4.78 is 8.08. The van der Waals surface area contributed by atoms with E-state index in [1.54, 1.807) is 24.1 Å². The van der Waals surface area contributed by atoms with Gasteiger partial charge in [0.25, 0.3) is 5.91 Å². The van der Waals surface area contributed by atoms with E-state index in [2.05, 4.69) is 5.10 Å². The van der Waals surface area contributed by atoms with Crippen LogP contribution in [0.4, 0.5) is 5.13 Å². The number of methoxy groups -OCH3 is 1. The molecule has 9 heteroatoms. The molecule has 0 fully saturated rings. The molecule has 0 saturated carbocycles. The monoisotopic (exact) mass is 435 g/mol. The van der Waals surface area contributed by atoms with Crippen molar-refractivity contribution >= 4 is 44.2 Å². The average Bonchev–Trinajstić information content (AvgIpc) is 3.26. The second-order valence-corrected chi connectivity index (χ2v) is 8.78. The molecular weight excluding hydrogens is 410 g/mol. The Balaban J connectivity index is 2.05. The number of benzene rings is 1. The molecule has 0 radical (unpaired) electrons. The van der Waals surface area contributed by atoms with Crippen LogP contribution in [-0.2, 0) is 0 Å². The highest BCUT2D eigenvalue weighted by atomic mass is 35.5. The summed E-state index contributed by atoms with van der Waals surface area (Å²) in [6.07, 6.45) is 0. The van der Waals surface area contributed by atoms with E-state index in [0.717, 1.165) is 10.4 Å². The predicted octanol–water partition coefficient (Wildman–Crippen LogP) is 4.25. The predicted molar refractivity (Wildman–Crippen MR) is 119 cm³/mol. The van der Waals surface area contributed by atoms with Gasteiger partial charge >= 0.3 is 0 Å². The third-order valence-corrected chi connectivity index (χ3v) is 6.08. The SMILES string of the molecule is COc1ccc(Cl)c2sc(N(CCN(C)C)C(=O)c3cc(C)n(C(C)C)n3)nc12. The number of halogens is 1. The highest BCUT2D eigenvalue weighted by Crippen LogP contribution is 2.39. The van der Waals surface area contributed by atoms with Gasteiger partial charge in [-0.25, -0.2) is 4.98 Å². The highest BCUT2D eigenvalue weighted by Gasteiger charge is 2.25. The molecule has 0 bridgehead atoms. The lowest BCUT2D eigenvalue weighted by molar-refractivity contribution is 0.0979. The maximum atomic E-state index is 13.4. The molecule has 3 aromatic rings. The van der Waals surface area contributed by atoms with Crippen molar-refractivity contribution in [2.24, 2.45) is 0 Å². The third kappa shape index (κ3) is 4.39. The van der Waals surface area contributed by atoms with Crippen molar-refractivity contribution in [3.8, 4) is 5.75 Å². The van der Waals surface area contributed by atoms with Crippen LogP contribution in [0.3, 0.4) is 0 Å². The first-order valence-corrected chi connectivity index (χ1v) is 10.6. The minimum absolute atomic E-state index is 0.177. The first-order valence-electron chi connectivity index (χ1n) is 9.38. The fraction of sp³-hybridized carbons (Fsp3) is 0.450. The molecule has 0 saturated heterocycles. The number of thiazole rings is 1. The van der Waals surface area contributed by atoms with E-state index in [-0.39, 0.29) is 11.9 Å². The standard InChI is InChI=1S/C20H26ClN5O2S/c1-12(2)26-13(3)11-15(23-26)19(27)25(10-9-24(4)5)20-22-17-16(28-6)8-7-14(21)18(17)29-20/h7-8,11-12H,9-10H2,1-6H3. The van der Waals surface area contributed by atoms with Crippen molar-refractivity contribution < 1.29 is 9.53 Å². The smallest absolute Gasteiger partial charge is 0.280 e. The van der Waals surface area contributed by atoms with E-state index in [9.17, 15) is 4.79 Å². The first kappa shape index (κ1) is 21.5. The topological polar surface area (TPSA) is 63.5 Å². The van der Waals surface area contributed by atoms with Crippen molar-refractivity contribution in [2.75, 3.05) is 39.2 Å². The molecule has 3 rings (SSSR count). The van der Waals surface area contributed by atoms with Crippen LogP contribution in [0, 0.1) is 6.92 Å². The third-order valence-electron chi connectivity index (χ3n) is 4.54. The average molecular weight is 436 g/mol. The molecule has 0 aliphatic rings. The number of rotatable bonds is 7. The molecule has 29 heavy (non-hydrogen) atoms. The number of fused-ring (bicyclic) bond motifs is 1. The molecular formula is C20H26ClN5O2S. The molecule has 2 heterocycles. The highest BCUT2D eigenvalue weighted by molar-refractivity contribution is 7.23. The van der Waals surface area contributed by atoms with Crippen molar-refractivity contribution in [1.29, 1.82) is 0 Å². The number of carbonyl (C=O) groups excluding carboxylic acids is 1. The van der Waals surface area contributed by atoms with Gasteiger partial charge in [0.05, 0.1) is 16.8 Å². The van der Waals surface area contributed by atoms with Gasteiger partial charge in [-0.1, -0.05) is 22.9 Å². The van der Waals surface area contributed by atoms with Gasteiger partial charge in [0.15, 0.2) is 10.8 Å². The molecule has 2 aromatic heterocycles. The number of aryl methyl sites for hydroxylation is 1. The first-order chi connectivity index (χ1) is 13.7. The summed E-state index contributed by atoms with van der Waals surface area (Å²) in [5, 5.41) is 5.69. The van der Waals surface area contributed by atoms with Crippen molar-refractivity contribution in [3.05, 3.63) is 34.6 Å². The van der Waals surface area contributed by atoms with E-state index < -0.39 is 0 Å². The Morgan fingerprint density at radius 3 is 2.62 bits per heavy atom. The molecule has 0 spiro atoms. The van der Waals surface area contributed by atoms with E-state index in [1.807, 2.05) is 50.5 Å². The summed E-state index contributed by atoms with van der Waals surface area (Å²) in [6.45, 7) is 7.21. The summed E-state index contributed by atoms with van der Waals surface area (Å²) in [5.74, 6) is 0.454. The summed E-state index contributed by atoms with van der Waals surface area (Å²) in [7, 11) is 5.54. The molecule has 0 aliphatic heterocycles. The maximum Gasteiger partial charge on any atom is 0.280 e. The fourth-order valence-corrected chi connectivity index (χ4v) is 4.34. The number of hydrogen-bond donors (Lipinski definition) is 0. The molecule has 156 valence electrons. The lowest BCUT2D eigenvalue weighted by Crippen LogP contribution is -2.37. The van der Waals surface area contributed by atoms with Gasteiger partial charge in [0.2, 0.25) is 0 Å². The number of anilines is 1. The van der Waals surface area contributed by atoms with Crippen molar-refractivity contribution in [3.63, 3.8) is 0 Å². The van der Waals surface area contributed by atoms with Crippen LogP contribution in [-0.4, -0.2) is 59.9 Å². The van der Waals surface area contributed by atoms with E-state index in [1.165, 1.54) is 11.3 Å². The maximum absolute atomic E-state index is 13.4. The van der Waals surface area contributed by atoms with Crippen molar-refractivity contribution in [1.82, 2.24) is 19.7 Å². The number of likely N-dealkylation sites (N-methyl/N-ethyl adjacent to an activating group) is 1. The van der Waals surface area contributed by atoms with Crippen LogP contribution in [0.25, 0.3) is 10.2 Å². The van der Waals surface area contributed by atoms with E-state index >= 15 is 0 Å². The summed E-state index contributed by atoms with van der Waals surface area (Å²) >= 11 is 7.76. The van der Waals surface area contributed by atoms with Gasteiger partial charge in [0, 0.05) is 24.8 Å². The molecule has 0 aliphatic carbocycles. The van der Waals surface area contributed by atoms with Crippen LogP contribution in [0.2, 0.25) is 5.02 Å². The lowest BCUT2D eigenvalue weighted by atomic mass is 10.3. The lowest BCUT2D eigenvalue weighted by Gasteiger charge is -2.21. The minimum Gasteiger partial charge on any atom is -0.494 e. The normalized spacial score (nSPS) is 11.6. The Morgan fingerprint density at radius 1 is 1.31 bits per heavy atom. The van der Waals surface area contributed by atoms with Gasteiger partial charge < -0.3 is 9.64 Å². The van der Waals surface area contributed by atoms with Crippen LogP contribution in [0.15, 0.2) is 18.2 Å². The minimum atomic E-state index is -0.177. The van der Waals surface area contributed by atoms with Gasteiger partial charge in [-0.2, -0.15) is 5.10 Å². The summed E-state index contributed by atoms with van der Waals surface area (Å²) in [4.78, 5) is 21.8. The number of carbonyl (C=O) groups is 1. The van der Waals surface area contributed by atoms with Crippen LogP contribution in [0.5, 0.6) is 5.75 Å². The van der Waals surface area contributed by atoms with Gasteiger partial charge in [-0.15, -0.1) is 0 Å². The Bertz CT molecular complexity index is 1030.